The number of amides is 1. The van der Waals surface area contributed by atoms with Crippen molar-refractivity contribution in [1.29, 1.82) is 0 Å². The Morgan fingerprint density at radius 3 is 2.18 bits per heavy atom. The Morgan fingerprint density at radius 1 is 1.24 bits per heavy atom. The number of nitrogens with zero attached hydrogens (tertiary/aromatic N) is 2. The Morgan fingerprint density at radius 2 is 1.76 bits per heavy atom. The summed E-state index contributed by atoms with van der Waals surface area (Å²) in [6, 6.07) is 0.611. The van der Waals surface area contributed by atoms with E-state index in [1.807, 2.05) is 11.9 Å². The van der Waals surface area contributed by atoms with Crippen molar-refractivity contribution >= 4 is 5.91 Å². The van der Waals surface area contributed by atoms with E-state index in [9.17, 15) is 4.79 Å². The van der Waals surface area contributed by atoms with Crippen LogP contribution in [0.1, 0.15) is 40.5 Å². The number of carbonyl (C=O) groups is 1. The van der Waals surface area contributed by atoms with Crippen LogP contribution in [0.5, 0.6) is 0 Å². The molecule has 0 aromatic rings. The Balaban J connectivity index is 2.40. The van der Waals surface area contributed by atoms with Gasteiger partial charge in [0.2, 0.25) is 5.91 Å². The van der Waals surface area contributed by atoms with E-state index in [-0.39, 0.29) is 5.92 Å². The van der Waals surface area contributed by atoms with Gasteiger partial charge < -0.3 is 9.80 Å². The zero-order valence-electron chi connectivity index (χ0n) is 12.1. The summed E-state index contributed by atoms with van der Waals surface area (Å²) in [5.74, 6) is 1.16. The molecule has 1 fully saturated rings. The monoisotopic (exact) mass is 240 g/mol. The predicted molar refractivity (Wildman–Crippen MR) is 71.9 cm³/mol. The molecule has 100 valence electrons. The van der Waals surface area contributed by atoms with Crippen molar-refractivity contribution in [3.63, 3.8) is 0 Å². The van der Waals surface area contributed by atoms with Gasteiger partial charge in [0, 0.05) is 25.6 Å². The first kappa shape index (κ1) is 14.5. The summed E-state index contributed by atoms with van der Waals surface area (Å²) in [7, 11) is 1.94. The van der Waals surface area contributed by atoms with Crippen LogP contribution < -0.4 is 0 Å². The number of piperidine rings is 1. The van der Waals surface area contributed by atoms with E-state index < -0.39 is 0 Å². The second kappa shape index (κ2) is 6.39. The van der Waals surface area contributed by atoms with E-state index in [2.05, 4.69) is 32.6 Å². The lowest BCUT2D eigenvalue weighted by Gasteiger charge is -2.35. The summed E-state index contributed by atoms with van der Waals surface area (Å²) in [5.41, 5.74) is 0. The fourth-order valence-corrected chi connectivity index (χ4v) is 2.61. The Hall–Kier alpha value is -0.570. The first-order valence-electron chi connectivity index (χ1n) is 6.90. The quantitative estimate of drug-likeness (QED) is 0.752. The van der Waals surface area contributed by atoms with Crippen LogP contribution in [0.3, 0.4) is 0 Å². The van der Waals surface area contributed by atoms with Crippen molar-refractivity contribution in [2.24, 2.45) is 11.8 Å². The highest BCUT2D eigenvalue weighted by molar-refractivity contribution is 5.78. The van der Waals surface area contributed by atoms with Crippen LogP contribution in [0, 0.1) is 11.8 Å². The molecule has 0 aromatic heterocycles. The van der Waals surface area contributed by atoms with Crippen LogP contribution in [0.25, 0.3) is 0 Å². The Labute approximate surface area is 106 Å². The highest BCUT2D eigenvalue weighted by Crippen LogP contribution is 2.21. The van der Waals surface area contributed by atoms with E-state index in [0.717, 1.165) is 32.5 Å². The summed E-state index contributed by atoms with van der Waals surface area (Å²) < 4.78 is 0. The number of rotatable bonds is 4. The maximum Gasteiger partial charge on any atom is 0.225 e. The minimum atomic E-state index is 0.258. The first-order chi connectivity index (χ1) is 7.91. The number of hydrogen-bond acceptors (Lipinski definition) is 2. The number of hydrogen-bond donors (Lipinski definition) is 0. The van der Waals surface area contributed by atoms with Gasteiger partial charge in [0.05, 0.1) is 0 Å². The van der Waals surface area contributed by atoms with Crippen molar-refractivity contribution in [2.75, 3.05) is 26.7 Å². The lowest BCUT2D eigenvalue weighted by atomic mass is 9.94. The van der Waals surface area contributed by atoms with Gasteiger partial charge in [0.25, 0.3) is 0 Å². The second-order valence-corrected chi connectivity index (χ2v) is 6.02. The molecule has 1 aliphatic rings. The van der Waals surface area contributed by atoms with Crippen molar-refractivity contribution < 1.29 is 4.79 Å². The van der Waals surface area contributed by atoms with E-state index in [1.54, 1.807) is 0 Å². The Kier molecular flexibility index (Phi) is 5.44. The molecule has 0 aromatic carbocycles. The molecule has 3 nitrogen and oxygen atoms in total. The number of likely N-dealkylation sites (tertiary alicyclic amines) is 1. The highest BCUT2D eigenvalue weighted by Gasteiger charge is 2.27. The Bertz CT molecular complexity index is 243. The molecule has 1 rings (SSSR count). The molecule has 1 heterocycles. The zero-order chi connectivity index (χ0) is 13.0. The molecule has 0 saturated carbocycles. The summed E-state index contributed by atoms with van der Waals surface area (Å²) in [6.07, 6.45) is 2.05. The molecule has 0 N–H and O–H groups in total. The molecule has 0 radical (unpaired) electrons. The van der Waals surface area contributed by atoms with Crippen LogP contribution in [0.4, 0.5) is 0 Å². The fraction of sp³-hybridized carbons (Fsp3) is 0.929. The average molecular weight is 240 g/mol. The van der Waals surface area contributed by atoms with Gasteiger partial charge >= 0.3 is 0 Å². The smallest absolute Gasteiger partial charge is 0.225 e. The van der Waals surface area contributed by atoms with Gasteiger partial charge in [-0.15, -0.1) is 0 Å². The zero-order valence-corrected chi connectivity index (χ0v) is 12.1. The number of carbonyl (C=O) groups excluding carboxylic acids is 1. The summed E-state index contributed by atoms with van der Waals surface area (Å²) >= 11 is 0. The minimum Gasteiger partial charge on any atom is -0.345 e. The van der Waals surface area contributed by atoms with Crippen molar-refractivity contribution in [3.05, 3.63) is 0 Å². The normalized spacial score (nSPS) is 19.0. The van der Waals surface area contributed by atoms with Crippen LogP contribution >= 0.6 is 0 Å². The van der Waals surface area contributed by atoms with E-state index in [1.165, 1.54) is 0 Å². The predicted octanol–water partition coefficient (Wildman–Crippen LogP) is 2.22. The van der Waals surface area contributed by atoms with Crippen molar-refractivity contribution in [3.8, 4) is 0 Å². The molecule has 3 heteroatoms. The van der Waals surface area contributed by atoms with Crippen LogP contribution in [-0.2, 0) is 4.79 Å². The molecule has 1 aliphatic heterocycles. The maximum absolute atomic E-state index is 12.2. The standard InChI is InChI=1S/C14H28N2O/c1-11(2)10-15(5)14(17)13-6-8-16(9-7-13)12(3)4/h11-13H,6-10H2,1-5H3. The maximum atomic E-state index is 12.2. The lowest BCUT2D eigenvalue weighted by Crippen LogP contribution is -2.44. The van der Waals surface area contributed by atoms with Crippen LogP contribution in [0.15, 0.2) is 0 Å². The molecule has 1 amide bonds. The highest BCUT2D eigenvalue weighted by atomic mass is 16.2. The molecule has 1 saturated heterocycles. The van der Waals surface area contributed by atoms with E-state index in [0.29, 0.717) is 17.9 Å². The van der Waals surface area contributed by atoms with Gasteiger partial charge in [-0.2, -0.15) is 0 Å². The van der Waals surface area contributed by atoms with Gasteiger partial charge in [-0.05, 0) is 45.7 Å². The third kappa shape index (κ3) is 4.30. The third-order valence-electron chi connectivity index (χ3n) is 3.62. The third-order valence-corrected chi connectivity index (χ3v) is 3.62. The average Bonchev–Trinajstić information content (AvgIpc) is 2.27. The SMILES string of the molecule is CC(C)CN(C)C(=O)C1CCN(C(C)C)CC1. The molecular formula is C14H28N2O. The molecule has 0 unspecified atom stereocenters. The molecule has 0 bridgehead atoms. The minimum absolute atomic E-state index is 0.258. The first-order valence-corrected chi connectivity index (χ1v) is 6.90. The van der Waals surface area contributed by atoms with Crippen LogP contribution in [-0.4, -0.2) is 48.4 Å². The molecular weight excluding hydrogens is 212 g/mol. The van der Waals surface area contributed by atoms with Gasteiger partial charge in [-0.25, -0.2) is 0 Å². The molecule has 17 heavy (non-hydrogen) atoms. The largest absolute Gasteiger partial charge is 0.345 e. The topological polar surface area (TPSA) is 23.6 Å². The summed E-state index contributed by atoms with van der Waals surface area (Å²) in [6.45, 7) is 11.8. The van der Waals surface area contributed by atoms with Gasteiger partial charge in [-0.1, -0.05) is 13.8 Å². The van der Waals surface area contributed by atoms with Crippen molar-refractivity contribution in [2.45, 2.75) is 46.6 Å². The van der Waals surface area contributed by atoms with E-state index in [4.69, 9.17) is 0 Å². The second-order valence-electron chi connectivity index (χ2n) is 6.02. The molecule has 0 spiro atoms. The van der Waals surface area contributed by atoms with Crippen molar-refractivity contribution in [1.82, 2.24) is 9.80 Å². The van der Waals surface area contributed by atoms with Gasteiger partial charge in [0.15, 0.2) is 0 Å². The summed E-state index contributed by atoms with van der Waals surface area (Å²) in [5, 5.41) is 0. The summed E-state index contributed by atoms with van der Waals surface area (Å²) in [4.78, 5) is 16.6. The van der Waals surface area contributed by atoms with Crippen LogP contribution in [0.2, 0.25) is 0 Å². The van der Waals surface area contributed by atoms with Gasteiger partial charge in [0.1, 0.15) is 0 Å². The fourth-order valence-electron chi connectivity index (χ4n) is 2.61. The molecule has 0 aliphatic carbocycles. The molecule has 0 atom stereocenters. The lowest BCUT2D eigenvalue weighted by molar-refractivity contribution is -0.136. The van der Waals surface area contributed by atoms with Gasteiger partial charge in [-0.3, -0.25) is 4.79 Å². The van der Waals surface area contributed by atoms with E-state index >= 15 is 0 Å².